The summed E-state index contributed by atoms with van der Waals surface area (Å²) in [6.07, 6.45) is -0.00278. The fourth-order valence-corrected chi connectivity index (χ4v) is 3.69. The van der Waals surface area contributed by atoms with Gasteiger partial charge in [-0.1, -0.05) is 49.7 Å². The molecule has 0 bridgehead atoms. The zero-order chi connectivity index (χ0) is 24.2. The van der Waals surface area contributed by atoms with Crippen LogP contribution in [0.3, 0.4) is 0 Å². The molecule has 2 atom stereocenters. The summed E-state index contributed by atoms with van der Waals surface area (Å²) in [5, 5.41) is 9.45. The van der Waals surface area contributed by atoms with Crippen molar-refractivity contribution in [2.24, 2.45) is 5.92 Å². The fourth-order valence-electron chi connectivity index (χ4n) is 3.49. The van der Waals surface area contributed by atoms with Gasteiger partial charge in [0.15, 0.2) is 0 Å². The summed E-state index contributed by atoms with van der Waals surface area (Å²) in [5.74, 6) is 0.394. The minimum atomic E-state index is -0.520. The van der Waals surface area contributed by atoms with Crippen LogP contribution in [0.2, 0.25) is 5.02 Å². The van der Waals surface area contributed by atoms with Crippen LogP contribution in [-0.2, 0) is 9.47 Å². The van der Waals surface area contributed by atoms with E-state index in [-0.39, 0.29) is 25.1 Å². The molecule has 0 spiro atoms. The third-order valence-corrected chi connectivity index (χ3v) is 5.35. The van der Waals surface area contributed by atoms with Crippen LogP contribution in [0, 0.1) is 5.92 Å². The molecule has 0 radical (unpaired) electrons. The van der Waals surface area contributed by atoms with E-state index in [1.807, 2.05) is 43.4 Å². The van der Waals surface area contributed by atoms with Crippen molar-refractivity contribution in [2.45, 2.75) is 32.4 Å². The van der Waals surface area contributed by atoms with E-state index in [0.29, 0.717) is 23.0 Å². The Kier molecular flexibility index (Phi) is 11.2. The topological polar surface area (TPSA) is 88.7 Å². The highest BCUT2D eigenvalue weighted by Gasteiger charge is 2.18. The monoisotopic (exact) mass is 475 g/mol. The molecule has 0 saturated carbocycles. The number of benzene rings is 2. The van der Waals surface area contributed by atoms with E-state index in [2.05, 4.69) is 34.5 Å². The molecule has 0 aromatic heterocycles. The summed E-state index contributed by atoms with van der Waals surface area (Å²) in [6, 6.07) is 14.9. The minimum Gasteiger partial charge on any atom is -0.453 e. The number of hydrogen-bond acceptors (Lipinski definition) is 5. The second kappa shape index (κ2) is 13.8. The lowest BCUT2D eigenvalue weighted by molar-refractivity contribution is 0.0804. The Labute approximate surface area is 201 Å². The second-order valence-electron chi connectivity index (χ2n) is 8.17. The Morgan fingerprint density at radius 1 is 1.03 bits per heavy atom. The van der Waals surface area contributed by atoms with E-state index in [4.69, 9.17) is 16.3 Å². The van der Waals surface area contributed by atoms with Gasteiger partial charge in [0.1, 0.15) is 6.10 Å². The van der Waals surface area contributed by atoms with Gasteiger partial charge in [-0.3, -0.25) is 4.79 Å². The van der Waals surface area contributed by atoms with Crippen molar-refractivity contribution in [1.82, 2.24) is 16.0 Å². The number of amides is 2. The standard InChI is InChI=1S/C25H34ClN3O4/c1-17(2)13-22(27-3)16-29-24(30)20-9-5-7-18(14-20)23(19-8-6-10-21(26)15-19)33-12-11-28-25(31)32-4/h5-10,14-15,17,22-23,27H,11-13,16H2,1-4H3,(H,28,31)(H,29,30). The first kappa shape index (κ1) is 26.6. The van der Waals surface area contributed by atoms with Gasteiger partial charge in [0.25, 0.3) is 5.91 Å². The summed E-state index contributed by atoms with van der Waals surface area (Å²) < 4.78 is 10.7. The zero-order valence-corrected chi connectivity index (χ0v) is 20.4. The lowest BCUT2D eigenvalue weighted by Crippen LogP contribution is -2.40. The Bertz CT molecular complexity index is 907. The smallest absolute Gasteiger partial charge is 0.406 e. The van der Waals surface area contributed by atoms with Crippen molar-refractivity contribution >= 4 is 23.6 Å². The molecule has 8 heteroatoms. The molecule has 0 aliphatic carbocycles. The highest BCUT2D eigenvalue weighted by atomic mass is 35.5. The minimum absolute atomic E-state index is 0.141. The van der Waals surface area contributed by atoms with Crippen molar-refractivity contribution in [1.29, 1.82) is 0 Å². The van der Waals surface area contributed by atoms with Crippen LogP contribution in [0.15, 0.2) is 48.5 Å². The van der Waals surface area contributed by atoms with E-state index in [0.717, 1.165) is 17.5 Å². The molecule has 0 fully saturated rings. The Hall–Kier alpha value is -2.61. The molecular weight excluding hydrogens is 442 g/mol. The van der Waals surface area contributed by atoms with Gasteiger partial charge in [0.2, 0.25) is 0 Å². The van der Waals surface area contributed by atoms with E-state index in [9.17, 15) is 9.59 Å². The van der Waals surface area contributed by atoms with Crippen molar-refractivity contribution in [3.63, 3.8) is 0 Å². The molecule has 0 saturated heterocycles. The summed E-state index contributed by atoms with van der Waals surface area (Å²) >= 11 is 6.20. The molecule has 7 nitrogen and oxygen atoms in total. The molecule has 2 amide bonds. The third kappa shape index (κ3) is 9.04. The van der Waals surface area contributed by atoms with Crippen LogP contribution in [0.25, 0.3) is 0 Å². The van der Waals surface area contributed by atoms with Crippen molar-refractivity contribution in [2.75, 3.05) is 33.9 Å². The third-order valence-electron chi connectivity index (χ3n) is 5.12. The molecule has 2 unspecified atom stereocenters. The Morgan fingerprint density at radius 3 is 2.36 bits per heavy atom. The number of ether oxygens (including phenoxy) is 2. The maximum Gasteiger partial charge on any atom is 0.406 e. The van der Waals surface area contributed by atoms with Crippen molar-refractivity contribution in [3.05, 3.63) is 70.2 Å². The molecule has 0 aliphatic heterocycles. The molecule has 2 aromatic carbocycles. The van der Waals surface area contributed by atoms with Crippen LogP contribution in [-0.4, -0.2) is 51.9 Å². The van der Waals surface area contributed by atoms with Gasteiger partial charge in [-0.25, -0.2) is 4.79 Å². The normalized spacial score (nSPS) is 12.8. The number of rotatable bonds is 12. The molecule has 0 heterocycles. The molecule has 33 heavy (non-hydrogen) atoms. The maximum absolute atomic E-state index is 12.8. The number of alkyl carbamates (subject to hydrolysis) is 1. The van der Waals surface area contributed by atoms with Gasteiger partial charge in [0, 0.05) is 29.7 Å². The molecular formula is C25H34ClN3O4. The first-order chi connectivity index (χ1) is 15.8. The van der Waals surface area contributed by atoms with E-state index in [1.54, 1.807) is 12.1 Å². The summed E-state index contributed by atoms with van der Waals surface area (Å²) in [6.45, 7) is 5.40. The molecule has 180 valence electrons. The first-order valence-corrected chi connectivity index (χ1v) is 11.5. The fraction of sp³-hybridized carbons (Fsp3) is 0.440. The number of halogens is 1. The number of nitrogens with one attached hydrogen (secondary N) is 3. The number of methoxy groups -OCH3 is 1. The van der Waals surface area contributed by atoms with E-state index < -0.39 is 12.2 Å². The highest BCUT2D eigenvalue weighted by molar-refractivity contribution is 6.30. The Balaban J connectivity index is 2.15. The quantitative estimate of drug-likeness (QED) is 0.401. The summed E-state index contributed by atoms with van der Waals surface area (Å²) in [7, 11) is 3.21. The van der Waals surface area contributed by atoms with Crippen LogP contribution in [0.5, 0.6) is 0 Å². The summed E-state index contributed by atoms with van der Waals surface area (Å²) in [5.41, 5.74) is 2.22. The molecule has 2 rings (SSSR count). The number of likely N-dealkylation sites (N-methyl/N-ethyl adjacent to an activating group) is 1. The van der Waals surface area contributed by atoms with Crippen LogP contribution in [0.4, 0.5) is 4.79 Å². The van der Waals surface area contributed by atoms with Gasteiger partial charge in [-0.05, 0) is 54.8 Å². The van der Waals surface area contributed by atoms with Gasteiger partial charge in [-0.2, -0.15) is 0 Å². The van der Waals surface area contributed by atoms with Crippen LogP contribution >= 0.6 is 11.6 Å². The number of carbonyl (C=O) groups is 2. The summed E-state index contributed by atoms with van der Waals surface area (Å²) in [4.78, 5) is 24.1. The lowest BCUT2D eigenvalue weighted by Gasteiger charge is -2.21. The molecule has 0 aliphatic rings. The Morgan fingerprint density at radius 2 is 1.73 bits per heavy atom. The largest absolute Gasteiger partial charge is 0.453 e. The number of hydrogen-bond donors (Lipinski definition) is 3. The predicted octanol–water partition coefficient (Wildman–Crippen LogP) is 4.17. The molecule has 3 N–H and O–H groups in total. The second-order valence-corrected chi connectivity index (χ2v) is 8.61. The van der Waals surface area contributed by atoms with Gasteiger partial charge >= 0.3 is 6.09 Å². The van der Waals surface area contributed by atoms with Gasteiger partial charge < -0.3 is 25.4 Å². The highest BCUT2D eigenvalue weighted by Crippen LogP contribution is 2.28. The molecule has 2 aromatic rings. The average molecular weight is 476 g/mol. The van der Waals surface area contributed by atoms with E-state index >= 15 is 0 Å². The predicted molar refractivity (Wildman–Crippen MR) is 131 cm³/mol. The lowest BCUT2D eigenvalue weighted by atomic mass is 9.99. The van der Waals surface area contributed by atoms with Crippen LogP contribution < -0.4 is 16.0 Å². The van der Waals surface area contributed by atoms with Gasteiger partial charge in [-0.15, -0.1) is 0 Å². The number of carbonyl (C=O) groups excluding carboxylic acids is 2. The van der Waals surface area contributed by atoms with E-state index in [1.165, 1.54) is 7.11 Å². The average Bonchev–Trinajstić information content (AvgIpc) is 2.81. The zero-order valence-electron chi connectivity index (χ0n) is 19.7. The maximum atomic E-state index is 12.8. The first-order valence-electron chi connectivity index (χ1n) is 11.1. The SMILES string of the molecule is CNC(CNC(=O)c1cccc(C(OCCNC(=O)OC)c2cccc(Cl)c2)c1)CC(C)C. The van der Waals surface area contributed by atoms with Crippen LogP contribution in [0.1, 0.15) is 47.9 Å². The van der Waals surface area contributed by atoms with Crippen molar-refractivity contribution in [3.8, 4) is 0 Å². The van der Waals surface area contributed by atoms with Gasteiger partial charge in [0.05, 0.1) is 13.7 Å². The van der Waals surface area contributed by atoms with Crippen molar-refractivity contribution < 1.29 is 19.1 Å².